The molecule has 1 aromatic carbocycles. The first-order chi connectivity index (χ1) is 16.8. The summed E-state index contributed by atoms with van der Waals surface area (Å²) in [6.45, 7) is 5.59. The predicted molar refractivity (Wildman–Crippen MR) is 125 cm³/mol. The quantitative estimate of drug-likeness (QED) is 0.396. The van der Waals surface area contributed by atoms with Crippen molar-refractivity contribution in [1.29, 1.82) is 0 Å². The maximum absolute atomic E-state index is 14.3. The van der Waals surface area contributed by atoms with Crippen LogP contribution in [0, 0.1) is 11.6 Å². The number of aliphatic hydroxyl groups excluding tert-OH is 2. The summed E-state index contributed by atoms with van der Waals surface area (Å²) in [7, 11) is 0. The molecule has 182 valence electrons. The Labute approximate surface area is 201 Å². The van der Waals surface area contributed by atoms with E-state index >= 15 is 0 Å². The molecule has 0 amide bonds. The summed E-state index contributed by atoms with van der Waals surface area (Å²) < 4.78 is 28.7. The Kier molecular flexibility index (Phi) is 7.23. The van der Waals surface area contributed by atoms with E-state index in [0.717, 1.165) is 5.56 Å². The van der Waals surface area contributed by atoms with Gasteiger partial charge in [0.2, 0.25) is 0 Å². The molecule has 1 unspecified atom stereocenters. The van der Waals surface area contributed by atoms with Gasteiger partial charge in [0.25, 0.3) is 0 Å². The highest BCUT2D eigenvalue weighted by Gasteiger charge is 2.22. The first kappa shape index (κ1) is 24.5. The van der Waals surface area contributed by atoms with Crippen molar-refractivity contribution in [3.05, 3.63) is 77.2 Å². The van der Waals surface area contributed by atoms with Crippen LogP contribution in [0.1, 0.15) is 49.6 Å². The second-order valence-corrected chi connectivity index (χ2v) is 8.61. The van der Waals surface area contributed by atoms with E-state index in [2.05, 4.69) is 20.4 Å². The highest BCUT2D eigenvalue weighted by molar-refractivity contribution is 5.61. The average molecular weight is 481 g/mol. The van der Waals surface area contributed by atoms with Crippen molar-refractivity contribution in [3.63, 3.8) is 0 Å². The zero-order valence-electron chi connectivity index (χ0n) is 19.6. The first-order valence-corrected chi connectivity index (χ1v) is 11.3. The van der Waals surface area contributed by atoms with Gasteiger partial charge in [0.05, 0.1) is 48.1 Å². The van der Waals surface area contributed by atoms with Crippen molar-refractivity contribution in [1.82, 2.24) is 30.2 Å². The number of pyridine rings is 1. The van der Waals surface area contributed by atoms with Gasteiger partial charge in [0.15, 0.2) is 0 Å². The van der Waals surface area contributed by atoms with Crippen LogP contribution in [0.4, 0.5) is 8.78 Å². The lowest BCUT2D eigenvalue weighted by atomic mass is 9.91. The topological polar surface area (TPSA) is 110 Å². The third kappa shape index (κ3) is 5.23. The molecule has 0 bridgehead atoms. The molecular formula is C25H26F2N6O2. The molecule has 8 nitrogen and oxygen atoms in total. The van der Waals surface area contributed by atoms with E-state index in [9.17, 15) is 13.9 Å². The van der Waals surface area contributed by atoms with Crippen LogP contribution < -0.4 is 0 Å². The zero-order valence-corrected chi connectivity index (χ0v) is 19.6. The van der Waals surface area contributed by atoms with E-state index in [-0.39, 0.29) is 36.2 Å². The van der Waals surface area contributed by atoms with Crippen LogP contribution in [0.3, 0.4) is 0 Å². The number of hydrogen-bond acceptors (Lipinski definition) is 7. The van der Waals surface area contributed by atoms with Gasteiger partial charge < -0.3 is 10.2 Å². The van der Waals surface area contributed by atoms with Crippen LogP contribution in [0.2, 0.25) is 0 Å². The number of halogens is 2. The van der Waals surface area contributed by atoms with Gasteiger partial charge in [-0.05, 0) is 41.8 Å². The number of hydrogen-bond donors (Lipinski definition) is 2. The number of rotatable bonds is 8. The number of benzene rings is 1. The molecule has 0 radical (unpaired) electrons. The third-order valence-electron chi connectivity index (χ3n) is 5.70. The second kappa shape index (κ2) is 10.3. The SMILES string of the molecule is CC(C)c1cc(-c2c(F)cccc2F)nnc1C(C)c1cccc(-c2cnn(C[C@@H](O)CO)n2)n1. The van der Waals surface area contributed by atoms with E-state index in [1.807, 2.05) is 32.9 Å². The van der Waals surface area contributed by atoms with Gasteiger partial charge in [-0.3, -0.25) is 4.98 Å². The fourth-order valence-electron chi connectivity index (χ4n) is 3.80. The normalized spacial score (nSPS) is 13.3. The molecule has 0 fully saturated rings. The van der Waals surface area contributed by atoms with Crippen molar-refractivity contribution in [2.24, 2.45) is 0 Å². The van der Waals surface area contributed by atoms with Crippen molar-refractivity contribution in [3.8, 4) is 22.6 Å². The lowest BCUT2D eigenvalue weighted by Gasteiger charge is -2.18. The largest absolute Gasteiger partial charge is 0.394 e. The van der Waals surface area contributed by atoms with E-state index in [1.54, 1.807) is 12.1 Å². The van der Waals surface area contributed by atoms with Crippen molar-refractivity contribution in [2.75, 3.05) is 6.61 Å². The van der Waals surface area contributed by atoms with Crippen LogP contribution in [0.5, 0.6) is 0 Å². The summed E-state index contributed by atoms with van der Waals surface area (Å²) in [6.07, 6.45) is 0.584. The molecule has 35 heavy (non-hydrogen) atoms. The standard InChI is InChI=1S/C25H26F2N6O2/c1-14(2)17-10-22(24-18(26)6-4-7-19(24)27)30-31-25(17)15(3)20-8-5-9-21(29-20)23-11-28-33(32-23)12-16(35)13-34/h4-11,14-16,34-35H,12-13H2,1-3H3/t15?,16-/m1/s1. The lowest BCUT2D eigenvalue weighted by Crippen LogP contribution is -2.21. The molecule has 3 heterocycles. The minimum Gasteiger partial charge on any atom is -0.394 e. The third-order valence-corrected chi connectivity index (χ3v) is 5.70. The smallest absolute Gasteiger partial charge is 0.135 e. The van der Waals surface area contributed by atoms with Gasteiger partial charge >= 0.3 is 0 Å². The Morgan fingerprint density at radius 1 is 0.943 bits per heavy atom. The van der Waals surface area contributed by atoms with Crippen LogP contribution in [-0.2, 0) is 6.54 Å². The summed E-state index contributed by atoms with van der Waals surface area (Å²) in [5.41, 5.74) is 3.25. The molecule has 4 aromatic rings. The molecule has 2 atom stereocenters. The molecule has 3 aromatic heterocycles. The Balaban J connectivity index is 1.67. The lowest BCUT2D eigenvalue weighted by molar-refractivity contribution is 0.0747. The number of aromatic nitrogens is 6. The minimum absolute atomic E-state index is 0.0255. The molecule has 0 saturated carbocycles. The molecule has 0 spiro atoms. The molecular weight excluding hydrogens is 454 g/mol. The van der Waals surface area contributed by atoms with E-state index in [1.165, 1.54) is 29.2 Å². The summed E-state index contributed by atoms with van der Waals surface area (Å²) in [4.78, 5) is 6.03. The van der Waals surface area contributed by atoms with E-state index in [0.29, 0.717) is 22.8 Å². The highest BCUT2D eigenvalue weighted by Crippen LogP contribution is 2.32. The van der Waals surface area contributed by atoms with Gasteiger partial charge in [0.1, 0.15) is 17.3 Å². The fraction of sp³-hybridized carbons (Fsp3) is 0.320. The average Bonchev–Trinajstić information content (AvgIpc) is 3.32. The second-order valence-electron chi connectivity index (χ2n) is 8.61. The molecule has 0 saturated heterocycles. The van der Waals surface area contributed by atoms with Crippen LogP contribution >= 0.6 is 0 Å². The predicted octanol–water partition coefficient (Wildman–Crippen LogP) is 3.70. The Morgan fingerprint density at radius 3 is 2.34 bits per heavy atom. The van der Waals surface area contributed by atoms with Crippen LogP contribution in [-0.4, -0.2) is 53.1 Å². The minimum atomic E-state index is -0.955. The van der Waals surface area contributed by atoms with Gasteiger partial charge in [-0.1, -0.05) is 32.9 Å². The molecule has 2 N–H and O–H groups in total. The van der Waals surface area contributed by atoms with Crippen molar-refractivity contribution >= 4 is 0 Å². The zero-order chi connectivity index (χ0) is 25.1. The van der Waals surface area contributed by atoms with Crippen LogP contribution in [0.15, 0.2) is 48.7 Å². The monoisotopic (exact) mass is 480 g/mol. The summed E-state index contributed by atoms with van der Waals surface area (Å²) in [5, 5.41) is 35.6. The Hall–Kier alpha value is -3.63. The van der Waals surface area contributed by atoms with Gasteiger partial charge in [-0.25, -0.2) is 8.78 Å². The van der Waals surface area contributed by atoms with Crippen molar-refractivity contribution < 1.29 is 19.0 Å². The fourth-order valence-corrected chi connectivity index (χ4v) is 3.80. The van der Waals surface area contributed by atoms with Gasteiger partial charge in [-0.15, -0.1) is 0 Å². The van der Waals surface area contributed by atoms with Crippen LogP contribution in [0.25, 0.3) is 22.6 Å². The molecule has 10 heteroatoms. The number of nitrogens with zero attached hydrogens (tertiary/aromatic N) is 6. The molecule has 0 aliphatic rings. The molecule has 0 aliphatic heterocycles. The summed E-state index contributed by atoms with van der Waals surface area (Å²) in [6, 6.07) is 10.9. The maximum atomic E-state index is 14.3. The first-order valence-electron chi connectivity index (χ1n) is 11.3. The number of aliphatic hydroxyl groups is 2. The van der Waals surface area contributed by atoms with Gasteiger partial charge in [-0.2, -0.15) is 25.2 Å². The maximum Gasteiger partial charge on any atom is 0.135 e. The summed E-state index contributed by atoms with van der Waals surface area (Å²) >= 11 is 0. The van der Waals surface area contributed by atoms with Gasteiger partial charge in [0, 0.05) is 11.6 Å². The molecule has 0 aliphatic carbocycles. The Morgan fingerprint density at radius 2 is 1.66 bits per heavy atom. The highest BCUT2D eigenvalue weighted by atomic mass is 19.1. The molecule has 4 rings (SSSR count). The van der Waals surface area contributed by atoms with E-state index in [4.69, 9.17) is 10.1 Å². The van der Waals surface area contributed by atoms with E-state index < -0.39 is 17.7 Å². The summed E-state index contributed by atoms with van der Waals surface area (Å²) in [5.74, 6) is -1.62. The van der Waals surface area contributed by atoms with Crippen molar-refractivity contribution in [2.45, 2.75) is 45.3 Å². The Bertz CT molecular complexity index is 1310.